The first-order valence-electron chi connectivity index (χ1n) is 5.82. The minimum absolute atomic E-state index is 0.162. The normalized spacial score (nSPS) is 12.5. The van der Waals surface area contributed by atoms with Gasteiger partial charge in [-0.05, 0) is 37.0 Å². The SMILES string of the molecule is COCCCC(NN)c1ccc(OC)c(C)c1. The molecule has 0 aliphatic rings. The van der Waals surface area contributed by atoms with Crippen molar-refractivity contribution >= 4 is 0 Å². The summed E-state index contributed by atoms with van der Waals surface area (Å²) in [4.78, 5) is 0. The van der Waals surface area contributed by atoms with Gasteiger partial charge in [-0.1, -0.05) is 12.1 Å². The van der Waals surface area contributed by atoms with Gasteiger partial charge in [0.1, 0.15) is 5.75 Å². The molecule has 3 N–H and O–H groups in total. The molecule has 1 unspecified atom stereocenters. The van der Waals surface area contributed by atoms with Crippen LogP contribution in [0.4, 0.5) is 0 Å². The third kappa shape index (κ3) is 4.00. The predicted molar refractivity (Wildman–Crippen MR) is 68.9 cm³/mol. The van der Waals surface area contributed by atoms with Crippen LogP contribution in [0, 0.1) is 6.92 Å². The van der Waals surface area contributed by atoms with E-state index in [1.165, 1.54) is 5.56 Å². The van der Waals surface area contributed by atoms with E-state index in [1.807, 2.05) is 19.1 Å². The van der Waals surface area contributed by atoms with Crippen molar-refractivity contribution in [1.29, 1.82) is 0 Å². The molecule has 1 atom stereocenters. The minimum atomic E-state index is 0.162. The number of hydrogen-bond acceptors (Lipinski definition) is 4. The summed E-state index contributed by atoms with van der Waals surface area (Å²) < 4.78 is 10.3. The highest BCUT2D eigenvalue weighted by Gasteiger charge is 2.10. The number of nitrogens with one attached hydrogen (secondary N) is 1. The van der Waals surface area contributed by atoms with Gasteiger partial charge in [0.15, 0.2) is 0 Å². The smallest absolute Gasteiger partial charge is 0.121 e. The van der Waals surface area contributed by atoms with Gasteiger partial charge >= 0.3 is 0 Å². The predicted octanol–water partition coefficient (Wildman–Crippen LogP) is 1.93. The molecule has 0 aromatic heterocycles. The zero-order chi connectivity index (χ0) is 12.7. The number of methoxy groups -OCH3 is 2. The first-order chi connectivity index (χ1) is 8.22. The van der Waals surface area contributed by atoms with Crippen LogP contribution < -0.4 is 16.0 Å². The Bertz CT molecular complexity index is 342. The highest BCUT2D eigenvalue weighted by atomic mass is 16.5. The molecule has 0 saturated carbocycles. The number of aryl methyl sites for hydroxylation is 1. The van der Waals surface area contributed by atoms with Crippen molar-refractivity contribution < 1.29 is 9.47 Å². The fraction of sp³-hybridized carbons (Fsp3) is 0.538. The van der Waals surface area contributed by atoms with Gasteiger partial charge in [-0.25, -0.2) is 0 Å². The fourth-order valence-corrected chi connectivity index (χ4v) is 1.90. The van der Waals surface area contributed by atoms with Crippen molar-refractivity contribution in [3.8, 4) is 5.75 Å². The molecule has 0 amide bonds. The maximum absolute atomic E-state index is 5.59. The number of ether oxygens (including phenoxy) is 2. The van der Waals surface area contributed by atoms with E-state index in [0.717, 1.165) is 30.8 Å². The van der Waals surface area contributed by atoms with E-state index in [0.29, 0.717) is 0 Å². The molecule has 4 nitrogen and oxygen atoms in total. The van der Waals surface area contributed by atoms with Gasteiger partial charge in [-0.2, -0.15) is 0 Å². The van der Waals surface area contributed by atoms with Crippen LogP contribution in [-0.2, 0) is 4.74 Å². The second kappa shape index (κ2) is 7.27. The molecule has 4 heteroatoms. The number of benzene rings is 1. The van der Waals surface area contributed by atoms with Crippen LogP contribution in [0.2, 0.25) is 0 Å². The molecular weight excluding hydrogens is 216 g/mol. The average molecular weight is 238 g/mol. The van der Waals surface area contributed by atoms with Crippen LogP contribution in [0.25, 0.3) is 0 Å². The quantitative estimate of drug-likeness (QED) is 0.433. The molecular formula is C13H22N2O2. The summed E-state index contributed by atoms with van der Waals surface area (Å²) >= 11 is 0. The molecule has 96 valence electrons. The zero-order valence-electron chi connectivity index (χ0n) is 10.8. The van der Waals surface area contributed by atoms with Crippen LogP contribution in [-0.4, -0.2) is 20.8 Å². The molecule has 17 heavy (non-hydrogen) atoms. The second-order valence-electron chi connectivity index (χ2n) is 4.08. The summed E-state index contributed by atoms with van der Waals surface area (Å²) in [6.45, 7) is 2.79. The van der Waals surface area contributed by atoms with Crippen molar-refractivity contribution in [1.82, 2.24) is 5.43 Å². The largest absolute Gasteiger partial charge is 0.496 e. The highest BCUT2D eigenvalue weighted by Crippen LogP contribution is 2.24. The van der Waals surface area contributed by atoms with Crippen molar-refractivity contribution in [3.05, 3.63) is 29.3 Å². The van der Waals surface area contributed by atoms with E-state index in [-0.39, 0.29) is 6.04 Å². The lowest BCUT2D eigenvalue weighted by molar-refractivity contribution is 0.189. The number of nitrogens with two attached hydrogens (primary N) is 1. The van der Waals surface area contributed by atoms with Crippen LogP contribution in [0.3, 0.4) is 0 Å². The topological polar surface area (TPSA) is 56.5 Å². The molecule has 0 saturated heterocycles. The van der Waals surface area contributed by atoms with Crippen LogP contribution >= 0.6 is 0 Å². The average Bonchev–Trinajstić information content (AvgIpc) is 2.35. The molecule has 0 spiro atoms. The zero-order valence-corrected chi connectivity index (χ0v) is 10.8. The maximum Gasteiger partial charge on any atom is 0.121 e. The molecule has 0 fully saturated rings. The van der Waals surface area contributed by atoms with Crippen molar-refractivity contribution in [2.75, 3.05) is 20.8 Å². The van der Waals surface area contributed by atoms with Gasteiger partial charge in [0.05, 0.1) is 7.11 Å². The number of hydrazine groups is 1. The van der Waals surface area contributed by atoms with Gasteiger partial charge < -0.3 is 9.47 Å². The molecule has 0 aliphatic carbocycles. The van der Waals surface area contributed by atoms with Crippen molar-refractivity contribution in [3.63, 3.8) is 0 Å². The molecule has 0 bridgehead atoms. The summed E-state index contributed by atoms with van der Waals surface area (Å²) in [7, 11) is 3.39. The Morgan fingerprint density at radius 2 is 2.12 bits per heavy atom. The summed E-state index contributed by atoms with van der Waals surface area (Å²) in [6.07, 6.45) is 1.94. The van der Waals surface area contributed by atoms with Crippen LogP contribution in [0.15, 0.2) is 18.2 Å². The van der Waals surface area contributed by atoms with Gasteiger partial charge in [0.25, 0.3) is 0 Å². The van der Waals surface area contributed by atoms with E-state index < -0.39 is 0 Å². The van der Waals surface area contributed by atoms with Crippen molar-refractivity contribution in [2.45, 2.75) is 25.8 Å². The van der Waals surface area contributed by atoms with E-state index in [2.05, 4.69) is 11.5 Å². The molecule has 1 rings (SSSR count). The van der Waals surface area contributed by atoms with E-state index >= 15 is 0 Å². The Kier molecular flexibility index (Phi) is 5.97. The fourth-order valence-electron chi connectivity index (χ4n) is 1.90. The van der Waals surface area contributed by atoms with E-state index in [9.17, 15) is 0 Å². The highest BCUT2D eigenvalue weighted by molar-refractivity contribution is 5.37. The summed E-state index contributed by atoms with van der Waals surface area (Å²) in [5, 5.41) is 0. The van der Waals surface area contributed by atoms with Crippen LogP contribution in [0.1, 0.15) is 30.0 Å². The lowest BCUT2D eigenvalue weighted by Crippen LogP contribution is -2.28. The molecule has 0 aliphatic heterocycles. The summed E-state index contributed by atoms with van der Waals surface area (Å²) in [6, 6.07) is 6.29. The lowest BCUT2D eigenvalue weighted by Gasteiger charge is -2.17. The Morgan fingerprint density at radius 1 is 1.35 bits per heavy atom. The second-order valence-corrected chi connectivity index (χ2v) is 4.08. The van der Waals surface area contributed by atoms with Gasteiger partial charge in [0.2, 0.25) is 0 Å². The summed E-state index contributed by atoms with van der Waals surface area (Å²) in [5.74, 6) is 6.49. The van der Waals surface area contributed by atoms with Crippen LogP contribution in [0.5, 0.6) is 5.75 Å². The minimum Gasteiger partial charge on any atom is -0.496 e. The van der Waals surface area contributed by atoms with E-state index in [4.69, 9.17) is 15.3 Å². The molecule has 0 radical (unpaired) electrons. The van der Waals surface area contributed by atoms with Crippen molar-refractivity contribution in [2.24, 2.45) is 5.84 Å². The van der Waals surface area contributed by atoms with Gasteiger partial charge in [-0.15, -0.1) is 0 Å². The third-order valence-corrected chi connectivity index (χ3v) is 2.86. The monoisotopic (exact) mass is 238 g/mol. The first kappa shape index (κ1) is 14.0. The number of rotatable bonds is 7. The third-order valence-electron chi connectivity index (χ3n) is 2.86. The van der Waals surface area contributed by atoms with Gasteiger partial charge in [0, 0.05) is 19.8 Å². The molecule has 0 heterocycles. The number of hydrogen-bond donors (Lipinski definition) is 2. The van der Waals surface area contributed by atoms with E-state index in [1.54, 1.807) is 14.2 Å². The summed E-state index contributed by atoms with van der Waals surface area (Å²) in [5.41, 5.74) is 5.15. The first-order valence-corrected chi connectivity index (χ1v) is 5.82. The maximum atomic E-state index is 5.59. The Hall–Kier alpha value is -1.10. The van der Waals surface area contributed by atoms with Gasteiger partial charge in [-0.3, -0.25) is 11.3 Å². The molecule has 1 aromatic rings. The standard InChI is InChI=1S/C13H22N2O2/c1-10-9-11(6-7-13(10)17-3)12(15-14)5-4-8-16-2/h6-7,9,12,15H,4-5,8,14H2,1-3H3. The lowest BCUT2D eigenvalue weighted by atomic mass is 10.0. The Balaban J connectivity index is 2.71. The Labute approximate surface area is 103 Å². The Morgan fingerprint density at radius 3 is 2.65 bits per heavy atom. The molecule has 1 aromatic carbocycles.